The van der Waals surface area contributed by atoms with Crippen molar-refractivity contribution in [2.75, 3.05) is 5.75 Å². The Morgan fingerprint density at radius 2 is 2.00 bits per heavy atom. The van der Waals surface area contributed by atoms with Gasteiger partial charge in [0.2, 0.25) is 0 Å². The van der Waals surface area contributed by atoms with E-state index >= 15 is 0 Å². The van der Waals surface area contributed by atoms with Crippen molar-refractivity contribution in [2.24, 2.45) is 11.7 Å². The molecule has 1 aromatic rings. The van der Waals surface area contributed by atoms with Gasteiger partial charge in [-0.05, 0) is 34.9 Å². The van der Waals surface area contributed by atoms with Gasteiger partial charge >= 0.3 is 0 Å². The first-order valence-electron chi connectivity index (χ1n) is 5.71. The average molecular weight is 241 g/mol. The molecule has 1 unspecified atom stereocenters. The zero-order valence-corrected chi connectivity index (χ0v) is 10.8. The first-order chi connectivity index (χ1) is 7.65. The molecule has 16 heavy (non-hydrogen) atoms. The molecule has 0 aliphatic carbocycles. The summed E-state index contributed by atoms with van der Waals surface area (Å²) in [5.41, 5.74) is 7.42. The van der Waals surface area contributed by atoms with Crippen LogP contribution in [0.25, 0.3) is 0 Å². The van der Waals surface area contributed by atoms with Gasteiger partial charge in [-0.3, -0.25) is 0 Å². The molecule has 2 N–H and O–H groups in total. The molecule has 0 aliphatic heterocycles. The standard InChI is InChI=1S/C13H20FNS/c1-3-10(2)8-16-9-12-4-11(7-15)5-13(14)6-12/h4-6,10H,3,7-9,15H2,1-2H3. The van der Waals surface area contributed by atoms with Gasteiger partial charge in [-0.2, -0.15) is 11.8 Å². The second-order valence-corrected chi connectivity index (χ2v) is 5.23. The van der Waals surface area contributed by atoms with Gasteiger partial charge in [0.25, 0.3) is 0 Å². The molecule has 1 atom stereocenters. The van der Waals surface area contributed by atoms with Gasteiger partial charge in [0, 0.05) is 12.3 Å². The van der Waals surface area contributed by atoms with E-state index in [0.29, 0.717) is 6.54 Å². The summed E-state index contributed by atoms with van der Waals surface area (Å²) in [5.74, 6) is 2.55. The van der Waals surface area contributed by atoms with E-state index in [-0.39, 0.29) is 5.82 Å². The van der Waals surface area contributed by atoms with Gasteiger partial charge in [-0.25, -0.2) is 4.39 Å². The fraction of sp³-hybridized carbons (Fsp3) is 0.538. The van der Waals surface area contributed by atoms with Crippen LogP contribution in [0.1, 0.15) is 31.4 Å². The maximum absolute atomic E-state index is 13.2. The second kappa shape index (κ2) is 6.92. The van der Waals surface area contributed by atoms with Crippen molar-refractivity contribution in [2.45, 2.75) is 32.6 Å². The Bertz CT molecular complexity index is 328. The third-order valence-electron chi connectivity index (χ3n) is 2.62. The highest BCUT2D eigenvalue weighted by Gasteiger charge is 2.02. The number of thioether (sulfide) groups is 1. The Labute approximate surface area is 102 Å². The Kier molecular flexibility index (Phi) is 5.85. The van der Waals surface area contributed by atoms with Crippen LogP contribution in [0, 0.1) is 11.7 Å². The average Bonchev–Trinajstić information content (AvgIpc) is 2.28. The van der Waals surface area contributed by atoms with Crippen LogP contribution in [0.2, 0.25) is 0 Å². The van der Waals surface area contributed by atoms with Crippen LogP contribution in [0.4, 0.5) is 4.39 Å². The van der Waals surface area contributed by atoms with Crippen molar-refractivity contribution < 1.29 is 4.39 Å². The highest BCUT2D eigenvalue weighted by Crippen LogP contribution is 2.19. The smallest absolute Gasteiger partial charge is 0.123 e. The minimum absolute atomic E-state index is 0.179. The van der Waals surface area contributed by atoms with E-state index in [1.807, 2.05) is 17.8 Å². The zero-order chi connectivity index (χ0) is 12.0. The van der Waals surface area contributed by atoms with Crippen molar-refractivity contribution in [1.82, 2.24) is 0 Å². The van der Waals surface area contributed by atoms with Crippen LogP contribution in [-0.4, -0.2) is 5.75 Å². The Morgan fingerprint density at radius 1 is 1.31 bits per heavy atom. The lowest BCUT2D eigenvalue weighted by atomic mass is 10.1. The molecule has 1 rings (SSSR count). The molecule has 1 aromatic carbocycles. The lowest BCUT2D eigenvalue weighted by Crippen LogP contribution is -1.99. The molecule has 90 valence electrons. The normalized spacial score (nSPS) is 12.8. The molecule has 0 bridgehead atoms. The topological polar surface area (TPSA) is 26.0 Å². The largest absolute Gasteiger partial charge is 0.326 e. The van der Waals surface area contributed by atoms with Crippen LogP contribution in [-0.2, 0) is 12.3 Å². The summed E-state index contributed by atoms with van der Waals surface area (Å²) in [6.45, 7) is 4.84. The number of benzene rings is 1. The molecule has 3 heteroatoms. The van der Waals surface area contributed by atoms with E-state index in [2.05, 4.69) is 13.8 Å². The van der Waals surface area contributed by atoms with Crippen molar-refractivity contribution in [3.63, 3.8) is 0 Å². The molecule has 0 aliphatic rings. The SMILES string of the molecule is CCC(C)CSCc1cc(F)cc(CN)c1. The van der Waals surface area contributed by atoms with Crippen LogP contribution < -0.4 is 5.73 Å². The molecule has 0 radical (unpaired) electrons. The molecule has 0 fully saturated rings. The minimum Gasteiger partial charge on any atom is -0.326 e. The van der Waals surface area contributed by atoms with Crippen molar-refractivity contribution in [3.05, 3.63) is 35.1 Å². The minimum atomic E-state index is -0.179. The molecule has 0 aromatic heterocycles. The highest BCUT2D eigenvalue weighted by molar-refractivity contribution is 7.98. The Hall–Kier alpha value is -0.540. The predicted molar refractivity (Wildman–Crippen MR) is 69.9 cm³/mol. The summed E-state index contributed by atoms with van der Waals surface area (Å²) in [5, 5.41) is 0. The Morgan fingerprint density at radius 3 is 2.62 bits per heavy atom. The summed E-state index contributed by atoms with van der Waals surface area (Å²) >= 11 is 1.86. The first kappa shape index (κ1) is 13.5. The molecular weight excluding hydrogens is 221 g/mol. The third-order valence-corrected chi connectivity index (χ3v) is 3.96. The zero-order valence-electron chi connectivity index (χ0n) is 10.0. The van der Waals surface area contributed by atoms with Crippen molar-refractivity contribution in [3.8, 4) is 0 Å². The lowest BCUT2D eigenvalue weighted by Gasteiger charge is -2.08. The molecule has 1 nitrogen and oxygen atoms in total. The monoisotopic (exact) mass is 241 g/mol. The van der Waals surface area contributed by atoms with Gasteiger partial charge in [0.1, 0.15) is 5.82 Å². The highest BCUT2D eigenvalue weighted by atomic mass is 32.2. The molecular formula is C13H20FNS. The van der Waals surface area contributed by atoms with Crippen LogP contribution >= 0.6 is 11.8 Å². The molecule has 0 heterocycles. The van der Waals surface area contributed by atoms with Crippen molar-refractivity contribution >= 4 is 11.8 Å². The first-order valence-corrected chi connectivity index (χ1v) is 6.87. The summed E-state index contributed by atoms with van der Waals surface area (Å²) in [6.07, 6.45) is 1.20. The van der Waals surface area contributed by atoms with Gasteiger partial charge in [-0.1, -0.05) is 26.3 Å². The lowest BCUT2D eigenvalue weighted by molar-refractivity contribution is 0.624. The quantitative estimate of drug-likeness (QED) is 0.824. The number of rotatable bonds is 6. The molecule has 0 amide bonds. The van der Waals surface area contributed by atoms with Crippen LogP contribution in [0.15, 0.2) is 18.2 Å². The van der Waals surface area contributed by atoms with E-state index in [4.69, 9.17) is 5.73 Å². The fourth-order valence-electron chi connectivity index (χ4n) is 1.41. The molecule has 0 spiro atoms. The van der Waals surface area contributed by atoms with E-state index in [1.54, 1.807) is 6.07 Å². The van der Waals surface area contributed by atoms with Crippen LogP contribution in [0.5, 0.6) is 0 Å². The van der Waals surface area contributed by atoms with Gasteiger partial charge in [-0.15, -0.1) is 0 Å². The summed E-state index contributed by atoms with van der Waals surface area (Å²) in [7, 11) is 0. The maximum atomic E-state index is 13.2. The van der Waals surface area contributed by atoms with Gasteiger partial charge in [0.15, 0.2) is 0 Å². The fourth-order valence-corrected chi connectivity index (χ4v) is 2.57. The van der Waals surface area contributed by atoms with Gasteiger partial charge in [0.05, 0.1) is 0 Å². The van der Waals surface area contributed by atoms with Gasteiger partial charge < -0.3 is 5.73 Å². The van der Waals surface area contributed by atoms with Crippen LogP contribution in [0.3, 0.4) is 0 Å². The molecule has 0 saturated heterocycles. The summed E-state index contributed by atoms with van der Waals surface area (Å²) in [6, 6.07) is 5.10. The third kappa shape index (κ3) is 4.54. The number of halogens is 1. The Balaban J connectivity index is 2.50. The van der Waals surface area contributed by atoms with E-state index < -0.39 is 0 Å². The number of hydrogen-bond donors (Lipinski definition) is 1. The van der Waals surface area contributed by atoms with Crippen molar-refractivity contribution in [1.29, 1.82) is 0 Å². The predicted octanol–water partition coefficient (Wildman–Crippen LogP) is 3.56. The number of nitrogens with two attached hydrogens (primary N) is 1. The number of hydrogen-bond acceptors (Lipinski definition) is 2. The second-order valence-electron chi connectivity index (χ2n) is 4.20. The van der Waals surface area contributed by atoms with E-state index in [1.165, 1.54) is 12.5 Å². The summed E-state index contributed by atoms with van der Waals surface area (Å²) < 4.78 is 13.2. The van der Waals surface area contributed by atoms with E-state index in [9.17, 15) is 4.39 Å². The maximum Gasteiger partial charge on any atom is 0.123 e. The summed E-state index contributed by atoms with van der Waals surface area (Å²) in [4.78, 5) is 0. The molecule has 0 saturated carbocycles. The van der Waals surface area contributed by atoms with E-state index in [0.717, 1.165) is 28.6 Å².